The largest absolute Gasteiger partial charge is 0.333 e. The zero-order chi connectivity index (χ0) is 18.9. The van der Waals surface area contributed by atoms with Gasteiger partial charge in [-0.15, -0.1) is 0 Å². The quantitative estimate of drug-likeness (QED) is 0.708. The lowest BCUT2D eigenvalue weighted by molar-refractivity contribution is 0.0727. The highest BCUT2D eigenvalue weighted by Gasteiger charge is 2.26. The number of nitrogens with zero attached hydrogens (tertiary/aromatic N) is 5. The minimum Gasteiger partial charge on any atom is -0.333 e. The summed E-state index contributed by atoms with van der Waals surface area (Å²) in [5, 5.41) is 4.61. The summed E-state index contributed by atoms with van der Waals surface area (Å²) in [6, 6.07) is 14.4. The fourth-order valence-corrected chi connectivity index (χ4v) is 4.14. The molecular formula is C22H23N5O. The van der Waals surface area contributed by atoms with Gasteiger partial charge in [0, 0.05) is 45.1 Å². The summed E-state index contributed by atoms with van der Waals surface area (Å²) < 4.78 is 1.99. The van der Waals surface area contributed by atoms with Gasteiger partial charge in [-0.3, -0.25) is 19.4 Å². The first-order chi connectivity index (χ1) is 13.8. The molecule has 142 valence electrons. The molecule has 0 aliphatic carbocycles. The maximum atomic E-state index is 13.0. The van der Waals surface area contributed by atoms with Crippen LogP contribution in [0.1, 0.15) is 32.9 Å². The van der Waals surface area contributed by atoms with Crippen molar-refractivity contribution in [1.29, 1.82) is 0 Å². The minimum absolute atomic E-state index is 0.0372. The lowest BCUT2D eigenvalue weighted by Crippen LogP contribution is -2.36. The molecule has 28 heavy (non-hydrogen) atoms. The molecular weight excluding hydrogens is 350 g/mol. The zero-order valence-electron chi connectivity index (χ0n) is 15.8. The van der Waals surface area contributed by atoms with Crippen LogP contribution < -0.4 is 0 Å². The summed E-state index contributed by atoms with van der Waals surface area (Å²) in [6.45, 7) is 4.83. The van der Waals surface area contributed by atoms with E-state index in [2.05, 4.69) is 39.2 Å². The number of carbonyl (C=O) groups excluding carboxylic acids is 1. The smallest absolute Gasteiger partial charge is 0.274 e. The van der Waals surface area contributed by atoms with E-state index in [4.69, 9.17) is 0 Å². The van der Waals surface area contributed by atoms with Gasteiger partial charge in [-0.1, -0.05) is 30.3 Å². The van der Waals surface area contributed by atoms with E-state index in [0.29, 0.717) is 12.2 Å². The van der Waals surface area contributed by atoms with Crippen molar-refractivity contribution in [3.05, 3.63) is 82.9 Å². The Morgan fingerprint density at radius 2 is 1.89 bits per heavy atom. The SMILES string of the molecule is O=C(c1cc2n(n1)CCN(Cc1cccnc1)C2)N1CCc2ccccc2C1. The molecule has 4 heterocycles. The van der Waals surface area contributed by atoms with E-state index >= 15 is 0 Å². The van der Waals surface area contributed by atoms with Crippen molar-refractivity contribution in [3.63, 3.8) is 0 Å². The molecule has 0 unspecified atom stereocenters. The normalized spacial score (nSPS) is 16.5. The monoisotopic (exact) mass is 373 g/mol. The molecule has 0 radical (unpaired) electrons. The summed E-state index contributed by atoms with van der Waals surface area (Å²) >= 11 is 0. The van der Waals surface area contributed by atoms with Gasteiger partial charge in [-0.2, -0.15) is 5.10 Å². The van der Waals surface area contributed by atoms with E-state index in [1.807, 2.05) is 34.0 Å². The Morgan fingerprint density at radius 1 is 1.00 bits per heavy atom. The molecule has 0 saturated heterocycles. The lowest BCUT2D eigenvalue weighted by Gasteiger charge is -2.28. The number of benzene rings is 1. The highest BCUT2D eigenvalue weighted by Crippen LogP contribution is 2.22. The van der Waals surface area contributed by atoms with Gasteiger partial charge in [-0.05, 0) is 35.2 Å². The molecule has 2 aromatic heterocycles. The second-order valence-electron chi connectivity index (χ2n) is 7.56. The van der Waals surface area contributed by atoms with E-state index in [1.54, 1.807) is 6.20 Å². The van der Waals surface area contributed by atoms with Crippen LogP contribution in [0.25, 0.3) is 0 Å². The van der Waals surface area contributed by atoms with Crippen molar-refractivity contribution in [1.82, 2.24) is 24.6 Å². The van der Waals surface area contributed by atoms with Gasteiger partial charge in [0.1, 0.15) is 0 Å². The van der Waals surface area contributed by atoms with E-state index < -0.39 is 0 Å². The highest BCUT2D eigenvalue weighted by molar-refractivity contribution is 5.92. The second-order valence-corrected chi connectivity index (χ2v) is 7.56. The van der Waals surface area contributed by atoms with Crippen LogP contribution in [-0.4, -0.2) is 43.6 Å². The van der Waals surface area contributed by atoms with Crippen molar-refractivity contribution < 1.29 is 4.79 Å². The van der Waals surface area contributed by atoms with Crippen LogP contribution in [0.3, 0.4) is 0 Å². The molecule has 5 rings (SSSR count). The average Bonchev–Trinajstić information content (AvgIpc) is 3.17. The van der Waals surface area contributed by atoms with Crippen LogP contribution in [0.2, 0.25) is 0 Å². The van der Waals surface area contributed by atoms with E-state index in [-0.39, 0.29) is 5.91 Å². The fraction of sp³-hybridized carbons (Fsp3) is 0.318. The molecule has 1 amide bonds. The lowest BCUT2D eigenvalue weighted by atomic mass is 10.00. The number of fused-ring (bicyclic) bond motifs is 2. The molecule has 6 heteroatoms. The van der Waals surface area contributed by atoms with Gasteiger partial charge in [0.25, 0.3) is 5.91 Å². The third-order valence-electron chi connectivity index (χ3n) is 5.64. The molecule has 2 aliphatic rings. The molecule has 0 bridgehead atoms. The molecule has 0 atom stereocenters. The van der Waals surface area contributed by atoms with Crippen LogP contribution >= 0.6 is 0 Å². The summed E-state index contributed by atoms with van der Waals surface area (Å²) in [5.41, 5.74) is 5.47. The molecule has 0 saturated carbocycles. The first kappa shape index (κ1) is 17.1. The Labute approximate surface area is 164 Å². The van der Waals surface area contributed by atoms with Crippen molar-refractivity contribution >= 4 is 5.91 Å². The fourth-order valence-electron chi connectivity index (χ4n) is 4.14. The molecule has 6 nitrogen and oxygen atoms in total. The zero-order valence-corrected chi connectivity index (χ0v) is 15.8. The first-order valence-electron chi connectivity index (χ1n) is 9.80. The van der Waals surface area contributed by atoms with Gasteiger partial charge < -0.3 is 4.90 Å². The standard InChI is InChI=1S/C22H23N5O/c28-22(26-9-7-18-5-1-2-6-19(18)15-26)21-12-20-16-25(10-11-27(20)24-21)14-17-4-3-8-23-13-17/h1-6,8,12-13H,7,9-11,14-16H2. The Balaban J connectivity index is 1.29. The van der Waals surface area contributed by atoms with Crippen molar-refractivity contribution in [2.75, 3.05) is 13.1 Å². The molecule has 1 aromatic carbocycles. The molecule has 0 N–H and O–H groups in total. The Kier molecular flexibility index (Phi) is 4.41. The number of aromatic nitrogens is 3. The van der Waals surface area contributed by atoms with Crippen molar-refractivity contribution in [2.45, 2.75) is 32.6 Å². The van der Waals surface area contributed by atoms with Crippen LogP contribution in [0, 0.1) is 0 Å². The topological polar surface area (TPSA) is 54.3 Å². The Morgan fingerprint density at radius 3 is 2.75 bits per heavy atom. The number of pyridine rings is 1. The Bertz CT molecular complexity index is 997. The third kappa shape index (κ3) is 3.31. The molecule has 0 spiro atoms. The van der Waals surface area contributed by atoms with Crippen LogP contribution in [0.15, 0.2) is 54.9 Å². The third-order valence-corrected chi connectivity index (χ3v) is 5.64. The Hall–Kier alpha value is -2.99. The van der Waals surface area contributed by atoms with Gasteiger partial charge in [0.05, 0.1) is 12.2 Å². The van der Waals surface area contributed by atoms with E-state index in [9.17, 15) is 4.79 Å². The number of amides is 1. The summed E-state index contributed by atoms with van der Waals surface area (Å²) in [7, 11) is 0. The number of rotatable bonds is 3. The molecule has 0 fully saturated rings. The van der Waals surface area contributed by atoms with Crippen LogP contribution in [0.5, 0.6) is 0 Å². The number of hydrogen-bond donors (Lipinski definition) is 0. The number of carbonyl (C=O) groups is 1. The minimum atomic E-state index is 0.0372. The van der Waals surface area contributed by atoms with E-state index in [0.717, 1.165) is 44.8 Å². The van der Waals surface area contributed by atoms with E-state index in [1.165, 1.54) is 16.7 Å². The van der Waals surface area contributed by atoms with Gasteiger partial charge >= 0.3 is 0 Å². The first-order valence-corrected chi connectivity index (χ1v) is 9.80. The highest BCUT2D eigenvalue weighted by atomic mass is 16.2. The summed E-state index contributed by atoms with van der Waals surface area (Å²) in [5.74, 6) is 0.0372. The van der Waals surface area contributed by atoms with Gasteiger partial charge in [0.2, 0.25) is 0 Å². The summed E-state index contributed by atoms with van der Waals surface area (Å²) in [4.78, 5) is 21.5. The predicted molar refractivity (Wildman–Crippen MR) is 105 cm³/mol. The van der Waals surface area contributed by atoms with Crippen molar-refractivity contribution in [3.8, 4) is 0 Å². The number of hydrogen-bond acceptors (Lipinski definition) is 4. The van der Waals surface area contributed by atoms with Crippen LogP contribution in [-0.2, 0) is 32.6 Å². The molecule has 3 aromatic rings. The predicted octanol–water partition coefficient (Wildman–Crippen LogP) is 2.49. The maximum Gasteiger partial charge on any atom is 0.274 e. The van der Waals surface area contributed by atoms with Crippen molar-refractivity contribution in [2.24, 2.45) is 0 Å². The maximum absolute atomic E-state index is 13.0. The van der Waals surface area contributed by atoms with Gasteiger partial charge in [0.15, 0.2) is 5.69 Å². The van der Waals surface area contributed by atoms with Gasteiger partial charge in [-0.25, -0.2) is 0 Å². The summed E-state index contributed by atoms with van der Waals surface area (Å²) in [6.07, 6.45) is 4.62. The molecule has 2 aliphatic heterocycles. The average molecular weight is 373 g/mol. The second kappa shape index (κ2) is 7.20. The van der Waals surface area contributed by atoms with Crippen LogP contribution in [0.4, 0.5) is 0 Å².